The van der Waals surface area contributed by atoms with Crippen molar-refractivity contribution in [3.63, 3.8) is 0 Å². The van der Waals surface area contributed by atoms with Crippen LogP contribution < -0.4 is 0 Å². The van der Waals surface area contributed by atoms with E-state index in [1.54, 1.807) is 16.7 Å². The third-order valence-corrected chi connectivity index (χ3v) is 5.27. The maximum absolute atomic E-state index is 2.54. The van der Waals surface area contributed by atoms with E-state index in [1.165, 1.54) is 50.5 Å². The Morgan fingerprint density at radius 1 is 0.789 bits per heavy atom. The number of allylic oxidation sites excluding steroid dienone is 4. The molecule has 0 heteroatoms. The van der Waals surface area contributed by atoms with Crippen LogP contribution in [0, 0.1) is 11.8 Å². The van der Waals surface area contributed by atoms with E-state index >= 15 is 0 Å². The maximum atomic E-state index is 2.54. The molecule has 1 aromatic rings. The first-order valence-corrected chi connectivity index (χ1v) is 7.94. The van der Waals surface area contributed by atoms with Gasteiger partial charge in [-0.1, -0.05) is 42.8 Å². The van der Waals surface area contributed by atoms with Gasteiger partial charge in [0.25, 0.3) is 0 Å². The predicted octanol–water partition coefficient (Wildman–Crippen LogP) is 5.37. The van der Waals surface area contributed by atoms with E-state index in [9.17, 15) is 0 Å². The molecule has 3 aliphatic carbocycles. The fourth-order valence-electron chi connectivity index (χ4n) is 4.44. The van der Waals surface area contributed by atoms with Crippen molar-refractivity contribution in [1.29, 1.82) is 0 Å². The largest absolute Gasteiger partial charge is 0.0810 e. The van der Waals surface area contributed by atoms with Gasteiger partial charge in [-0.05, 0) is 72.6 Å². The highest BCUT2D eigenvalue weighted by Gasteiger charge is 2.44. The first-order chi connectivity index (χ1) is 9.45. The monoisotopic (exact) mass is 250 g/mol. The molecule has 1 fully saturated rings. The van der Waals surface area contributed by atoms with E-state index in [0.29, 0.717) is 0 Å². The van der Waals surface area contributed by atoms with Gasteiger partial charge in [-0.3, -0.25) is 0 Å². The zero-order valence-electron chi connectivity index (χ0n) is 11.6. The molecule has 0 saturated heterocycles. The summed E-state index contributed by atoms with van der Waals surface area (Å²) in [6, 6.07) is 11.1. The number of hydrogen-bond acceptors (Lipinski definition) is 0. The van der Waals surface area contributed by atoms with Crippen LogP contribution in [0.3, 0.4) is 0 Å². The van der Waals surface area contributed by atoms with Crippen LogP contribution in [0.2, 0.25) is 0 Å². The molecule has 0 amide bonds. The molecule has 0 aliphatic heterocycles. The summed E-state index contributed by atoms with van der Waals surface area (Å²) in [4.78, 5) is 0. The van der Waals surface area contributed by atoms with Crippen molar-refractivity contribution in [1.82, 2.24) is 0 Å². The lowest BCUT2D eigenvalue weighted by Gasteiger charge is -2.40. The van der Waals surface area contributed by atoms with Gasteiger partial charge < -0.3 is 0 Å². The minimum Gasteiger partial charge on any atom is -0.0810 e. The van der Waals surface area contributed by atoms with Gasteiger partial charge in [-0.15, -0.1) is 0 Å². The zero-order chi connectivity index (χ0) is 12.7. The second-order valence-electron chi connectivity index (χ2n) is 6.31. The lowest BCUT2D eigenvalue weighted by Crippen LogP contribution is -2.27. The minimum atomic E-state index is 0.875. The molecule has 0 radical (unpaired) electrons. The second-order valence-corrected chi connectivity index (χ2v) is 6.31. The summed E-state index contributed by atoms with van der Waals surface area (Å²) in [5, 5.41) is 0. The Kier molecular flexibility index (Phi) is 2.83. The summed E-state index contributed by atoms with van der Waals surface area (Å²) in [5.74, 6) is 1.78. The molecular formula is C19H22. The third-order valence-electron chi connectivity index (χ3n) is 5.27. The van der Waals surface area contributed by atoms with Gasteiger partial charge in [0, 0.05) is 0 Å². The topological polar surface area (TPSA) is 0 Å². The van der Waals surface area contributed by atoms with E-state index in [4.69, 9.17) is 0 Å². The number of benzene rings is 1. The molecule has 0 bridgehead atoms. The van der Waals surface area contributed by atoms with Gasteiger partial charge in [0.15, 0.2) is 0 Å². The lowest BCUT2D eigenvalue weighted by atomic mass is 9.64. The van der Waals surface area contributed by atoms with Crippen LogP contribution in [0.15, 0.2) is 47.6 Å². The summed E-state index contributed by atoms with van der Waals surface area (Å²) in [6.45, 7) is 0. The molecule has 0 unspecified atom stereocenters. The third kappa shape index (κ3) is 1.81. The van der Waals surface area contributed by atoms with Gasteiger partial charge in [-0.2, -0.15) is 0 Å². The maximum Gasteiger partial charge on any atom is -0.00840 e. The minimum absolute atomic E-state index is 0.875. The van der Waals surface area contributed by atoms with E-state index in [-0.39, 0.29) is 0 Å². The van der Waals surface area contributed by atoms with Gasteiger partial charge in [0.05, 0.1) is 0 Å². The van der Waals surface area contributed by atoms with Crippen LogP contribution in [0.1, 0.15) is 50.5 Å². The second kappa shape index (κ2) is 4.67. The fraction of sp³-hybridized carbons (Fsp3) is 0.474. The van der Waals surface area contributed by atoms with Crippen LogP contribution in [0.5, 0.6) is 0 Å². The summed E-state index contributed by atoms with van der Waals surface area (Å²) in [7, 11) is 0. The average molecular weight is 250 g/mol. The SMILES string of the molecule is C1=C(C2=C(c3ccccc3)[C@H]3CCC[C@@H]23)CCCC1. The summed E-state index contributed by atoms with van der Waals surface area (Å²) in [6.07, 6.45) is 12.3. The Labute approximate surface area is 116 Å². The molecule has 0 N–H and O–H groups in total. The number of hydrogen-bond donors (Lipinski definition) is 0. The van der Waals surface area contributed by atoms with Crippen molar-refractivity contribution in [2.24, 2.45) is 11.8 Å². The van der Waals surface area contributed by atoms with Crippen LogP contribution in [0.4, 0.5) is 0 Å². The predicted molar refractivity (Wildman–Crippen MR) is 80.7 cm³/mol. The van der Waals surface area contributed by atoms with Crippen LogP contribution in [-0.4, -0.2) is 0 Å². The molecular weight excluding hydrogens is 228 g/mol. The molecule has 2 atom stereocenters. The molecule has 1 aromatic carbocycles. The highest BCUT2D eigenvalue weighted by Crippen LogP contribution is 2.58. The van der Waals surface area contributed by atoms with Gasteiger partial charge in [0.2, 0.25) is 0 Å². The summed E-state index contributed by atoms with van der Waals surface area (Å²) in [5.41, 5.74) is 6.66. The van der Waals surface area contributed by atoms with Gasteiger partial charge in [0.1, 0.15) is 0 Å². The lowest BCUT2D eigenvalue weighted by molar-refractivity contribution is 0.483. The van der Waals surface area contributed by atoms with Crippen molar-refractivity contribution in [2.75, 3.05) is 0 Å². The zero-order valence-corrected chi connectivity index (χ0v) is 11.6. The highest BCUT2D eigenvalue weighted by atomic mass is 14.5. The Bertz CT molecular complexity index is 532. The molecule has 0 nitrogen and oxygen atoms in total. The standard InChI is InChI=1S/C19H22/c1-3-8-14(9-4-1)18-16-12-7-13-17(16)19(18)15-10-5-2-6-11-15/h1,3-4,8-10,16-17H,2,5-7,11-13H2/t16-,17+/m0/s1. The summed E-state index contributed by atoms with van der Waals surface area (Å²) < 4.78 is 0. The smallest absolute Gasteiger partial charge is 0.00840 e. The van der Waals surface area contributed by atoms with Crippen molar-refractivity contribution in [2.45, 2.75) is 44.9 Å². The molecule has 98 valence electrons. The normalized spacial score (nSPS) is 29.8. The van der Waals surface area contributed by atoms with Crippen molar-refractivity contribution >= 4 is 5.57 Å². The van der Waals surface area contributed by atoms with Crippen molar-refractivity contribution in [3.05, 3.63) is 53.1 Å². The van der Waals surface area contributed by atoms with Crippen LogP contribution in [0.25, 0.3) is 5.57 Å². The van der Waals surface area contributed by atoms with E-state index < -0.39 is 0 Å². The van der Waals surface area contributed by atoms with Gasteiger partial charge in [-0.25, -0.2) is 0 Å². The Balaban J connectivity index is 1.79. The molecule has 0 spiro atoms. The first kappa shape index (κ1) is 11.5. The van der Waals surface area contributed by atoms with Crippen molar-refractivity contribution in [3.8, 4) is 0 Å². The van der Waals surface area contributed by atoms with E-state index in [1.807, 2.05) is 0 Å². The van der Waals surface area contributed by atoms with Crippen LogP contribution in [-0.2, 0) is 0 Å². The Morgan fingerprint density at radius 2 is 1.58 bits per heavy atom. The fourth-order valence-corrected chi connectivity index (χ4v) is 4.44. The number of rotatable bonds is 2. The highest BCUT2D eigenvalue weighted by molar-refractivity contribution is 5.81. The van der Waals surface area contributed by atoms with Crippen molar-refractivity contribution < 1.29 is 0 Å². The number of fused-ring (bicyclic) bond motifs is 1. The molecule has 19 heavy (non-hydrogen) atoms. The average Bonchev–Trinajstić information content (AvgIpc) is 2.85. The van der Waals surface area contributed by atoms with E-state index in [0.717, 1.165) is 11.8 Å². The first-order valence-electron chi connectivity index (χ1n) is 7.94. The molecule has 4 rings (SSSR count). The van der Waals surface area contributed by atoms with Crippen LogP contribution >= 0.6 is 0 Å². The van der Waals surface area contributed by atoms with E-state index in [2.05, 4.69) is 36.4 Å². The Hall–Kier alpha value is -1.30. The quantitative estimate of drug-likeness (QED) is 0.662. The van der Waals surface area contributed by atoms with Gasteiger partial charge >= 0.3 is 0 Å². The molecule has 0 aromatic heterocycles. The Morgan fingerprint density at radius 3 is 2.32 bits per heavy atom. The molecule has 3 aliphatic rings. The summed E-state index contributed by atoms with van der Waals surface area (Å²) >= 11 is 0. The molecule has 0 heterocycles. The molecule has 1 saturated carbocycles.